The van der Waals surface area contributed by atoms with Gasteiger partial charge in [-0.15, -0.1) is 24.8 Å². The lowest BCUT2D eigenvalue weighted by Crippen LogP contribution is -2.10. The van der Waals surface area contributed by atoms with Gasteiger partial charge in [-0.05, 0) is 12.1 Å². The van der Waals surface area contributed by atoms with Gasteiger partial charge in [-0.2, -0.15) is 4.39 Å². The Bertz CT molecular complexity index is 220. The van der Waals surface area contributed by atoms with Crippen LogP contribution in [0.3, 0.4) is 0 Å². The molecule has 0 aromatic carbocycles. The fraction of sp³-hybridized carbons (Fsp3) is 0.286. The van der Waals surface area contributed by atoms with Crippen LogP contribution < -0.4 is 10.5 Å². The molecule has 0 bridgehead atoms. The maximum absolute atomic E-state index is 12.2. The first-order chi connectivity index (χ1) is 5.33. The molecule has 0 saturated heterocycles. The molecule has 0 radical (unpaired) electrons. The standard InChI is InChI=1S/C7H9FN2O.2ClH/c8-7-2-1-6(5-10-7)11-4-3-9;;/h1-2,5H,3-4,9H2;2*1H. The van der Waals surface area contributed by atoms with E-state index in [9.17, 15) is 4.39 Å². The number of nitrogens with zero attached hydrogens (tertiary/aromatic N) is 1. The molecule has 0 aliphatic carbocycles. The first kappa shape index (κ1) is 14.9. The summed E-state index contributed by atoms with van der Waals surface area (Å²) in [5.74, 6) is 0.0296. The van der Waals surface area contributed by atoms with Crippen molar-refractivity contribution < 1.29 is 9.13 Å². The first-order valence-corrected chi connectivity index (χ1v) is 3.27. The van der Waals surface area contributed by atoms with E-state index in [0.29, 0.717) is 18.9 Å². The molecule has 1 rings (SSSR count). The summed E-state index contributed by atoms with van der Waals surface area (Å²) >= 11 is 0. The van der Waals surface area contributed by atoms with E-state index in [-0.39, 0.29) is 24.8 Å². The summed E-state index contributed by atoms with van der Waals surface area (Å²) in [5, 5.41) is 0. The van der Waals surface area contributed by atoms with Crippen LogP contribution in [0.15, 0.2) is 18.3 Å². The van der Waals surface area contributed by atoms with Crippen molar-refractivity contribution in [1.82, 2.24) is 4.98 Å². The summed E-state index contributed by atoms with van der Waals surface area (Å²) < 4.78 is 17.3. The van der Waals surface area contributed by atoms with E-state index < -0.39 is 5.95 Å². The third-order valence-electron chi connectivity index (χ3n) is 1.09. The van der Waals surface area contributed by atoms with Crippen molar-refractivity contribution in [2.45, 2.75) is 0 Å². The van der Waals surface area contributed by atoms with Gasteiger partial charge < -0.3 is 10.5 Å². The van der Waals surface area contributed by atoms with Crippen molar-refractivity contribution >= 4 is 24.8 Å². The van der Waals surface area contributed by atoms with Gasteiger partial charge in [0, 0.05) is 6.54 Å². The van der Waals surface area contributed by atoms with Crippen LogP contribution in [0.2, 0.25) is 0 Å². The van der Waals surface area contributed by atoms with Crippen LogP contribution in [-0.4, -0.2) is 18.1 Å². The molecule has 2 N–H and O–H groups in total. The molecule has 0 aliphatic rings. The number of rotatable bonds is 3. The zero-order valence-corrected chi connectivity index (χ0v) is 8.41. The van der Waals surface area contributed by atoms with Crippen LogP contribution in [0.1, 0.15) is 0 Å². The Hall–Kier alpha value is -0.580. The number of nitrogens with two attached hydrogens (primary N) is 1. The highest BCUT2D eigenvalue weighted by atomic mass is 35.5. The average Bonchev–Trinajstić information content (AvgIpc) is 2.04. The van der Waals surface area contributed by atoms with Crippen molar-refractivity contribution in [3.63, 3.8) is 0 Å². The molecule has 1 aromatic heterocycles. The van der Waals surface area contributed by atoms with Crippen LogP contribution in [0.25, 0.3) is 0 Å². The Morgan fingerprint density at radius 3 is 2.54 bits per heavy atom. The van der Waals surface area contributed by atoms with E-state index in [2.05, 4.69) is 4.98 Å². The Balaban J connectivity index is 0. The molecule has 1 heterocycles. The maximum Gasteiger partial charge on any atom is 0.213 e. The topological polar surface area (TPSA) is 48.1 Å². The molecule has 0 unspecified atom stereocenters. The van der Waals surface area contributed by atoms with Gasteiger partial charge >= 0.3 is 0 Å². The van der Waals surface area contributed by atoms with E-state index in [4.69, 9.17) is 10.5 Å². The van der Waals surface area contributed by atoms with Gasteiger partial charge in [0.1, 0.15) is 12.4 Å². The molecular weight excluding hydrogens is 218 g/mol. The molecule has 0 fully saturated rings. The predicted octanol–water partition coefficient (Wildman–Crippen LogP) is 1.40. The Labute approximate surface area is 88.3 Å². The number of hydrogen-bond acceptors (Lipinski definition) is 3. The molecule has 1 aromatic rings. The summed E-state index contributed by atoms with van der Waals surface area (Å²) in [5.41, 5.74) is 5.19. The summed E-state index contributed by atoms with van der Waals surface area (Å²) in [6.45, 7) is 0.866. The second kappa shape index (κ2) is 8.04. The smallest absolute Gasteiger partial charge is 0.213 e. The minimum atomic E-state index is -0.509. The lowest BCUT2D eigenvalue weighted by Gasteiger charge is -2.01. The summed E-state index contributed by atoms with van der Waals surface area (Å²) in [4.78, 5) is 3.40. The van der Waals surface area contributed by atoms with Gasteiger partial charge in [-0.3, -0.25) is 0 Å². The summed E-state index contributed by atoms with van der Waals surface area (Å²) in [6, 6.07) is 2.75. The van der Waals surface area contributed by atoms with Crippen molar-refractivity contribution in [2.75, 3.05) is 13.2 Å². The summed E-state index contributed by atoms with van der Waals surface area (Å²) in [6.07, 6.45) is 1.32. The largest absolute Gasteiger partial charge is 0.491 e. The van der Waals surface area contributed by atoms with E-state index in [0.717, 1.165) is 0 Å². The zero-order valence-electron chi connectivity index (χ0n) is 6.77. The third kappa shape index (κ3) is 5.63. The van der Waals surface area contributed by atoms with Crippen molar-refractivity contribution in [2.24, 2.45) is 5.73 Å². The molecule has 0 amide bonds. The maximum atomic E-state index is 12.2. The highest BCUT2D eigenvalue weighted by Crippen LogP contribution is 2.07. The first-order valence-electron chi connectivity index (χ1n) is 3.27. The molecule has 3 nitrogen and oxygen atoms in total. The van der Waals surface area contributed by atoms with Gasteiger partial charge in [0.05, 0.1) is 6.20 Å². The highest BCUT2D eigenvalue weighted by molar-refractivity contribution is 5.85. The average molecular weight is 229 g/mol. The van der Waals surface area contributed by atoms with Crippen LogP contribution >= 0.6 is 24.8 Å². The lowest BCUT2D eigenvalue weighted by atomic mass is 10.4. The minimum Gasteiger partial charge on any atom is -0.491 e. The van der Waals surface area contributed by atoms with E-state index >= 15 is 0 Å². The van der Waals surface area contributed by atoms with E-state index in [1.165, 1.54) is 18.3 Å². The van der Waals surface area contributed by atoms with Crippen molar-refractivity contribution in [3.8, 4) is 5.75 Å². The number of ether oxygens (including phenoxy) is 1. The molecule has 76 valence electrons. The van der Waals surface area contributed by atoms with Crippen LogP contribution in [0.5, 0.6) is 5.75 Å². The lowest BCUT2D eigenvalue weighted by molar-refractivity contribution is 0.326. The van der Waals surface area contributed by atoms with Gasteiger partial charge in [0.25, 0.3) is 0 Å². The second-order valence-corrected chi connectivity index (χ2v) is 1.95. The van der Waals surface area contributed by atoms with Crippen LogP contribution in [0.4, 0.5) is 4.39 Å². The summed E-state index contributed by atoms with van der Waals surface area (Å²) in [7, 11) is 0. The van der Waals surface area contributed by atoms with Gasteiger partial charge in [-0.1, -0.05) is 0 Å². The Morgan fingerprint density at radius 1 is 1.38 bits per heavy atom. The van der Waals surface area contributed by atoms with E-state index in [1.807, 2.05) is 0 Å². The van der Waals surface area contributed by atoms with Gasteiger partial charge in [-0.25, -0.2) is 4.98 Å². The van der Waals surface area contributed by atoms with Crippen molar-refractivity contribution in [3.05, 3.63) is 24.3 Å². The number of pyridine rings is 1. The normalized spacial score (nSPS) is 8.15. The predicted molar refractivity (Wildman–Crippen MR) is 53.2 cm³/mol. The highest BCUT2D eigenvalue weighted by Gasteiger charge is 1.93. The van der Waals surface area contributed by atoms with Crippen LogP contribution in [0, 0.1) is 5.95 Å². The molecule has 6 heteroatoms. The third-order valence-corrected chi connectivity index (χ3v) is 1.09. The Morgan fingerprint density at radius 2 is 2.08 bits per heavy atom. The fourth-order valence-corrected chi connectivity index (χ4v) is 0.624. The number of hydrogen-bond donors (Lipinski definition) is 1. The molecule has 13 heavy (non-hydrogen) atoms. The molecule has 0 atom stereocenters. The zero-order chi connectivity index (χ0) is 8.10. The second-order valence-electron chi connectivity index (χ2n) is 1.95. The van der Waals surface area contributed by atoms with Gasteiger partial charge in [0.2, 0.25) is 5.95 Å². The Kier molecular flexibility index (Phi) is 9.22. The van der Waals surface area contributed by atoms with Gasteiger partial charge in [0.15, 0.2) is 0 Å². The fourth-order valence-electron chi connectivity index (χ4n) is 0.624. The molecule has 0 saturated carbocycles. The van der Waals surface area contributed by atoms with Crippen molar-refractivity contribution in [1.29, 1.82) is 0 Å². The molecule has 0 aliphatic heterocycles. The SMILES string of the molecule is Cl.Cl.NCCOc1ccc(F)nc1. The molecular formula is C7H11Cl2FN2O. The number of halogens is 3. The van der Waals surface area contributed by atoms with Crippen LogP contribution in [-0.2, 0) is 0 Å². The number of aromatic nitrogens is 1. The molecule has 0 spiro atoms. The minimum absolute atomic E-state index is 0. The quantitative estimate of drug-likeness (QED) is 0.797. The van der Waals surface area contributed by atoms with E-state index in [1.54, 1.807) is 0 Å². The monoisotopic (exact) mass is 228 g/mol.